The Labute approximate surface area is 163 Å². The van der Waals surface area contributed by atoms with Crippen LogP contribution in [-0.4, -0.2) is 61.0 Å². The average molecular weight is 385 g/mol. The summed E-state index contributed by atoms with van der Waals surface area (Å²) in [7, 11) is 0. The quantitative estimate of drug-likeness (QED) is 0.809. The molecule has 2 aromatic heterocycles. The molecule has 28 heavy (non-hydrogen) atoms. The van der Waals surface area contributed by atoms with E-state index in [1.807, 2.05) is 0 Å². The van der Waals surface area contributed by atoms with Crippen LogP contribution in [0.4, 0.5) is 0 Å². The number of hydrogen-bond donors (Lipinski definition) is 1. The molecule has 150 valence electrons. The number of likely N-dealkylation sites (tertiary alicyclic amines) is 1. The highest BCUT2D eigenvalue weighted by molar-refractivity contribution is 5.76. The summed E-state index contributed by atoms with van der Waals surface area (Å²) >= 11 is 0. The van der Waals surface area contributed by atoms with Crippen molar-refractivity contribution in [2.24, 2.45) is 5.92 Å². The summed E-state index contributed by atoms with van der Waals surface area (Å²) in [5.41, 5.74) is -0.0903. The SMILES string of the molecule is O=C1CCCCC(CN2CCC(Cn3nc(-n4cncn4)ccc3=O)CC2)N1. The van der Waals surface area contributed by atoms with Crippen molar-refractivity contribution in [3.05, 3.63) is 35.1 Å². The van der Waals surface area contributed by atoms with Crippen molar-refractivity contribution in [2.45, 2.75) is 51.1 Å². The van der Waals surface area contributed by atoms with Gasteiger partial charge in [-0.1, -0.05) is 6.42 Å². The minimum atomic E-state index is -0.0903. The summed E-state index contributed by atoms with van der Waals surface area (Å²) in [5.74, 6) is 1.21. The van der Waals surface area contributed by atoms with E-state index < -0.39 is 0 Å². The molecule has 0 spiro atoms. The maximum absolute atomic E-state index is 12.2. The van der Waals surface area contributed by atoms with Crippen LogP contribution >= 0.6 is 0 Å². The predicted octanol–water partition coefficient (Wildman–Crippen LogP) is 0.595. The van der Waals surface area contributed by atoms with Gasteiger partial charge in [-0.25, -0.2) is 14.3 Å². The van der Waals surface area contributed by atoms with E-state index in [9.17, 15) is 9.59 Å². The molecule has 1 unspecified atom stereocenters. The van der Waals surface area contributed by atoms with Gasteiger partial charge >= 0.3 is 0 Å². The second-order valence-corrected chi connectivity index (χ2v) is 7.81. The van der Waals surface area contributed by atoms with Crippen molar-refractivity contribution in [3.63, 3.8) is 0 Å². The normalized spacial score (nSPS) is 22.0. The Balaban J connectivity index is 1.31. The van der Waals surface area contributed by atoms with E-state index in [2.05, 4.69) is 25.4 Å². The summed E-state index contributed by atoms with van der Waals surface area (Å²) in [6.07, 6.45) is 8.93. The molecular formula is C19H27N7O2. The summed E-state index contributed by atoms with van der Waals surface area (Å²) < 4.78 is 3.10. The first kappa shape index (κ1) is 18.8. The lowest BCUT2D eigenvalue weighted by Crippen LogP contribution is -2.46. The van der Waals surface area contributed by atoms with Gasteiger partial charge in [-0.05, 0) is 50.8 Å². The third-order valence-corrected chi connectivity index (χ3v) is 5.69. The van der Waals surface area contributed by atoms with Gasteiger partial charge in [0.15, 0.2) is 5.82 Å². The molecule has 1 amide bonds. The molecule has 0 aliphatic carbocycles. The highest BCUT2D eigenvalue weighted by Gasteiger charge is 2.24. The van der Waals surface area contributed by atoms with Crippen molar-refractivity contribution in [1.29, 1.82) is 0 Å². The van der Waals surface area contributed by atoms with E-state index in [1.54, 1.807) is 21.8 Å². The molecule has 1 N–H and O–H groups in total. The van der Waals surface area contributed by atoms with Gasteiger partial charge in [-0.3, -0.25) is 9.59 Å². The van der Waals surface area contributed by atoms with Gasteiger partial charge in [-0.15, -0.1) is 5.10 Å². The smallest absolute Gasteiger partial charge is 0.266 e. The van der Waals surface area contributed by atoms with Crippen molar-refractivity contribution in [2.75, 3.05) is 19.6 Å². The van der Waals surface area contributed by atoms with Crippen LogP contribution in [0.25, 0.3) is 5.82 Å². The van der Waals surface area contributed by atoms with Gasteiger partial charge < -0.3 is 10.2 Å². The summed E-state index contributed by atoms with van der Waals surface area (Å²) in [6, 6.07) is 3.47. The largest absolute Gasteiger partial charge is 0.352 e. The lowest BCUT2D eigenvalue weighted by Gasteiger charge is -2.34. The highest BCUT2D eigenvalue weighted by Crippen LogP contribution is 2.20. The second-order valence-electron chi connectivity index (χ2n) is 7.81. The van der Waals surface area contributed by atoms with Crippen LogP contribution in [0.15, 0.2) is 29.6 Å². The first-order chi connectivity index (χ1) is 13.7. The van der Waals surface area contributed by atoms with Crippen molar-refractivity contribution in [3.8, 4) is 5.82 Å². The van der Waals surface area contributed by atoms with E-state index >= 15 is 0 Å². The number of carbonyl (C=O) groups excluding carboxylic acids is 1. The van der Waals surface area contributed by atoms with Crippen LogP contribution in [0, 0.1) is 5.92 Å². The molecule has 2 aromatic rings. The number of nitrogens with one attached hydrogen (secondary N) is 1. The highest BCUT2D eigenvalue weighted by atomic mass is 16.1. The number of hydrogen-bond acceptors (Lipinski definition) is 6. The van der Waals surface area contributed by atoms with Crippen LogP contribution in [0.5, 0.6) is 0 Å². The van der Waals surface area contributed by atoms with Gasteiger partial charge in [-0.2, -0.15) is 5.10 Å². The van der Waals surface area contributed by atoms with Gasteiger partial charge in [0.2, 0.25) is 5.91 Å². The molecule has 2 saturated heterocycles. The lowest BCUT2D eigenvalue weighted by atomic mass is 9.96. The lowest BCUT2D eigenvalue weighted by molar-refractivity contribution is -0.121. The molecule has 1 atom stereocenters. The van der Waals surface area contributed by atoms with Crippen LogP contribution < -0.4 is 10.9 Å². The third kappa shape index (κ3) is 4.64. The number of aromatic nitrogens is 5. The maximum Gasteiger partial charge on any atom is 0.266 e. The van der Waals surface area contributed by atoms with Crippen LogP contribution in [0.3, 0.4) is 0 Å². The maximum atomic E-state index is 12.2. The van der Waals surface area contributed by atoms with E-state index in [0.717, 1.165) is 51.7 Å². The van der Waals surface area contributed by atoms with E-state index in [0.29, 0.717) is 24.7 Å². The number of amides is 1. The Morgan fingerprint density at radius 1 is 1.07 bits per heavy atom. The number of carbonyl (C=O) groups is 1. The Bertz CT molecular complexity index is 840. The minimum Gasteiger partial charge on any atom is -0.352 e. The Hall–Kier alpha value is -2.55. The van der Waals surface area contributed by atoms with E-state index in [1.165, 1.54) is 12.4 Å². The molecule has 2 fully saturated rings. The first-order valence-corrected chi connectivity index (χ1v) is 10.1. The Morgan fingerprint density at radius 3 is 2.71 bits per heavy atom. The zero-order valence-electron chi connectivity index (χ0n) is 16.0. The molecule has 9 heteroatoms. The molecule has 2 aliphatic rings. The summed E-state index contributed by atoms with van der Waals surface area (Å²) in [5, 5.41) is 11.7. The number of rotatable bonds is 5. The number of piperidine rings is 1. The topological polar surface area (TPSA) is 97.9 Å². The van der Waals surface area contributed by atoms with E-state index in [4.69, 9.17) is 0 Å². The molecule has 9 nitrogen and oxygen atoms in total. The van der Waals surface area contributed by atoms with Crippen molar-refractivity contribution in [1.82, 2.24) is 34.8 Å². The molecule has 4 heterocycles. The fourth-order valence-electron chi connectivity index (χ4n) is 4.11. The predicted molar refractivity (Wildman–Crippen MR) is 103 cm³/mol. The Kier molecular flexibility index (Phi) is 5.80. The molecule has 0 bridgehead atoms. The average Bonchev–Trinajstić information content (AvgIpc) is 3.15. The minimum absolute atomic E-state index is 0.0903. The second kappa shape index (κ2) is 8.64. The molecule has 0 aromatic carbocycles. The molecule has 4 rings (SSSR count). The van der Waals surface area contributed by atoms with Gasteiger partial charge in [0.1, 0.15) is 12.7 Å². The monoisotopic (exact) mass is 385 g/mol. The third-order valence-electron chi connectivity index (χ3n) is 5.69. The van der Waals surface area contributed by atoms with Gasteiger partial charge in [0, 0.05) is 31.6 Å². The number of nitrogens with zero attached hydrogens (tertiary/aromatic N) is 6. The van der Waals surface area contributed by atoms with Crippen molar-refractivity contribution >= 4 is 5.91 Å². The van der Waals surface area contributed by atoms with Crippen LogP contribution in [0.1, 0.15) is 38.5 Å². The summed E-state index contributed by atoms with van der Waals surface area (Å²) in [4.78, 5) is 30.3. The molecule has 0 radical (unpaired) electrons. The van der Waals surface area contributed by atoms with Gasteiger partial charge in [0.25, 0.3) is 5.56 Å². The Morgan fingerprint density at radius 2 is 1.93 bits per heavy atom. The zero-order valence-corrected chi connectivity index (χ0v) is 16.0. The molecule has 2 aliphatic heterocycles. The standard InChI is InChI=1S/C19H27N7O2/c27-18-4-2-1-3-16(22-18)12-24-9-7-15(8-10-24)11-25-19(28)6-5-17(23-25)26-14-20-13-21-26/h5-6,13-16H,1-4,7-12H2,(H,22,27). The first-order valence-electron chi connectivity index (χ1n) is 10.1. The molecule has 0 saturated carbocycles. The zero-order chi connectivity index (χ0) is 19.3. The van der Waals surface area contributed by atoms with E-state index in [-0.39, 0.29) is 17.5 Å². The fourth-order valence-corrected chi connectivity index (χ4v) is 4.11. The van der Waals surface area contributed by atoms with Crippen molar-refractivity contribution < 1.29 is 4.79 Å². The fraction of sp³-hybridized carbons (Fsp3) is 0.632. The van der Waals surface area contributed by atoms with Crippen LogP contribution in [-0.2, 0) is 11.3 Å². The van der Waals surface area contributed by atoms with Crippen LogP contribution in [0.2, 0.25) is 0 Å². The molecular weight excluding hydrogens is 358 g/mol. The summed E-state index contributed by atoms with van der Waals surface area (Å²) in [6.45, 7) is 3.54. The van der Waals surface area contributed by atoms with Gasteiger partial charge in [0.05, 0.1) is 0 Å².